The average molecular weight is 408 g/mol. The van der Waals surface area contributed by atoms with E-state index in [2.05, 4.69) is 0 Å². The second-order valence-electron chi connectivity index (χ2n) is 7.08. The Bertz CT molecular complexity index is 796. The van der Waals surface area contributed by atoms with Crippen LogP contribution in [0.25, 0.3) is 0 Å². The van der Waals surface area contributed by atoms with Crippen molar-refractivity contribution in [3.63, 3.8) is 0 Å². The smallest absolute Gasteiger partial charge is 0.345 e. The van der Waals surface area contributed by atoms with E-state index >= 15 is 0 Å². The van der Waals surface area contributed by atoms with Crippen molar-refractivity contribution in [2.24, 2.45) is 0 Å². The summed E-state index contributed by atoms with van der Waals surface area (Å²) in [5.74, 6) is -1.71. The van der Waals surface area contributed by atoms with E-state index in [1.54, 1.807) is 12.1 Å². The van der Waals surface area contributed by atoms with Crippen molar-refractivity contribution >= 4 is 15.9 Å². The van der Waals surface area contributed by atoms with Gasteiger partial charge in [-0.1, -0.05) is 12.1 Å². The first kappa shape index (κ1) is 20.1. The van der Waals surface area contributed by atoms with Crippen LogP contribution in [0.2, 0.25) is 0 Å². The molecule has 0 radical (unpaired) electrons. The molecule has 2 aliphatic rings. The standard InChI is InChI=1S/C17H20F4N2O3S/c18-16(11-22-15(24)17(19,20)21)7-9-23(10-8-16)27(25,26)14-5-3-13(4-6-14)12-1-2-12/h3-6,12H,1-2,7-11H2,(H,22,24). The maximum Gasteiger partial charge on any atom is 0.471 e. The first-order valence-corrected chi connectivity index (χ1v) is 10.1. The van der Waals surface area contributed by atoms with E-state index in [0.29, 0.717) is 5.92 Å². The molecule has 27 heavy (non-hydrogen) atoms. The first-order valence-electron chi connectivity index (χ1n) is 8.65. The molecule has 0 aromatic heterocycles. The van der Waals surface area contributed by atoms with Crippen LogP contribution in [0.3, 0.4) is 0 Å². The van der Waals surface area contributed by atoms with Crippen molar-refractivity contribution < 1.29 is 30.8 Å². The van der Waals surface area contributed by atoms with Gasteiger partial charge in [0.25, 0.3) is 0 Å². The van der Waals surface area contributed by atoms with Crippen LogP contribution in [-0.4, -0.2) is 50.1 Å². The number of benzene rings is 1. The van der Waals surface area contributed by atoms with Gasteiger partial charge in [-0.05, 0) is 49.3 Å². The lowest BCUT2D eigenvalue weighted by atomic mass is 9.94. The highest BCUT2D eigenvalue weighted by atomic mass is 32.2. The summed E-state index contributed by atoms with van der Waals surface area (Å²) in [5, 5.41) is 1.53. The topological polar surface area (TPSA) is 66.5 Å². The van der Waals surface area contributed by atoms with Gasteiger partial charge >= 0.3 is 12.1 Å². The van der Waals surface area contributed by atoms with Gasteiger partial charge in [-0.2, -0.15) is 17.5 Å². The van der Waals surface area contributed by atoms with E-state index in [0.717, 1.165) is 22.7 Å². The predicted octanol–water partition coefficient (Wildman–Crippen LogP) is 2.74. The Hall–Kier alpha value is -1.68. The third-order valence-electron chi connectivity index (χ3n) is 5.01. The molecule has 1 aliphatic carbocycles. The lowest BCUT2D eigenvalue weighted by Crippen LogP contribution is -2.51. The van der Waals surface area contributed by atoms with Crippen LogP contribution < -0.4 is 5.32 Å². The van der Waals surface area contributed by atoms with E-state index in [1.165, 1.54) is 17.4 Å². The van der Waals surface area contributed by atoms with Crippen LogP contribution >= 0.6 is 0 Å². The number of rotatable bonds is 5. The number of halogens is 4. The lowest BCUT2D eigenvalue weighted by Gasteiger charge is -2.35. The molecule has 1 amide bonds. The minimum absolute atomic E-state index is 0.114. The van der Waals surface area contributed by atoms with Crippen LogP contribution in [0.1, 0.15) is 37.2 Å². The number of nitrogens with zero attached hydrogens (tertiary/aromatic N) is 1. The highest BCUT2D eigenvalue weighted by Crippen LogP contribution is 2.40. The quantitative estimate of drug-likeness (QED) is 0.762. The zero-order chi connectivity index (χ0) is 19.9. The summed E-state index contributed by atoms with van der Waals surface area (Å²) in [5.41, 5.74) is -0.973. The Morgan fingerprint density at radius 1 is 1.15 bits per heavy atom. The molecule has 2 fully saturated rings. The van der Waals surface area contributed by atoms with Gasteiger partial charge in [-0.25, -0.2) is 12.8 Å². The summed E-state index contributed by atoms with van der Waals surface area (Å²) in [7, 11) is -3.79. The predicted molar refractivity (Wildman–Crippen MR) is 89.3 cm³/mol. The molecule has 1 heterocycles. The number of alkyl halides is 4. The van der Waals surface area contributed by atoms with Crippen LogP contribution in [0.15, 0.2) is 29.2 Å². The number of carbonyl (C=O) groups excluding carboxylic acids is 1. The molecule has 0 atom stereocenters. The van der Waals surface area contributed by atoms with E-state index < -0.39 is 34.3 Å². The molecule has 1 aromatic carbocycles. The van der Waals surface area contributed by atoms with Gasteiger partial charge in [-0.3, -0.25) is 4.79 Å². The molecule has 1 saturated carbocycles. The van der Waals surface area contributed by atoms with Crippen molar-refractivity contribution in [3.05, 3.63) is 29.8 Å². The largest absolute Gasteiger partial charge is 0.471 e. The van der Waals surface area contributed by atoms with Gasteiger partial charge in [0.15, 0.2) is 0 Å². The maximum atomic E-state index is 14.6. The highest BCUT2D eigenvalue weighted by Gasteiger charge is 2.43. The van der Waals surface area contributed by atoms with Crippen molar-refractivity contribution in [2.45, 2.75) is 48.3 Å². The van der Waals surface area contributed by atoms with Crippen molar-refractivity contribution in [2.75, 3.05) is 19.6 Å². The summed E-state index contributed by atoms with van der Waals surface area (Å²) in [6, 6.07) is 6.62. The molecule has 3 rings (SSSR count). The Morgan fingerprint density at radius 2 is 1.70 bits per heavy atom. The van der Waals surface area contributed by atoms with E-state index in [1.807, 2.05) is 0 Å². The Balaban J connectivity index is 1.59. The number of carbonyl (C=O) groups is 1. The lowest BCUT2D eigenvalue weighted by molar-refractivity contribution is -0.174. The summed E-state index contributed by atoms with van der Waals surface area (Å²) in [6.45, 7) is -1.12. The molecule has 10 heteroatoms. The molecule has 5 nitrogen and oxygen atoms in total. The van der Waals surface area contributed by atoms with Gasteiger partial charge < -0.3 is 5.32 Å². The van der Waals surface area contributed by atoms with E-state index in [-0.39, 0.29) is 30.8 Å². The maximum absolute atomic E-state index is 14.6. The van der Waals surface area contributed by atoms with Crippen LogP contribution in [0.5, 0.6) is 0 Å². The fraction of sp³-hybridized carbons (Fsp3) is 0.588. The van der Waals surface area contributed by atoms with Crippen molar-refractivity contribution in [1.82, 2.24) is 9.62 Å². The fourth-order valence-corrected chi connectivity index (χ4v) is 4.56. The van der Waals surface area contributed by atoms with Crippen LogP contribution in [-0.2, 0) is 14.8 Å². The van der Waals surface area contributed by atoms with Crippen molar-refractivity contribution in [1.29, 1.82) is 0 Å². The molecule has 0 spiro atoms. The number of hydrogen-bond acceptors (Lipinski definition) is 3. The van der Waals surface area contributed by atoms with Gasteiger partial charge in [0.05, 0.1) is 11.4 Å². The summed E-state index contributed by atoms with van der Waals surface area (Å²) < 4.78 is 77.7. The number of nitrogens with one attached hydrogen (secondary N) is 1. The Morgan fingerprint density at radius 3 is 2.19 bits per heavy atom. The number of amides is 1. The normalized spacial score (nSPS) is 21.0. The van der Waals surface area contributed by atoms with Crippen LogP contribution in [0, 0.1) is 0 Å². The third-order valence-corrected chi connectivity index (χ3v) is 6.92. The van der Waals surface area contributed by atoms with E-state index in [4.69, 9.17) is 0 Å². The molecule has 1 aliphatic heterocycles. The summed E-state index contributed by atoms with van der Waals surface area (Å²) in [4.78, 5) is 10.9. The van der Waals surface area contributed by atoms with Crippen molar-refractivity contribution in [3.8, 4) is 0 Å². The molecule has 150 valence electrons. The first-order chi connectivity index (χ1) is 12.5. The van der Waals surface area contributed by atoms with Gasteiger partial charge in [0, 0.05) is 13.1 Å². The molecule has 1 saturated heterocycles. The van der Waals surface area contributed by atoms with Gasteiger partial charge in [-0.15, -0.1) is 0 Å². The second kappa shape index (κ2) is 7.05. The molecule has 0 unspecified atom stereocenters. The minimum Gasteiger partial charge on any atom is -0.345 e. The second-order valence-corrected chi connectivity index (χ2v) is 9.02. The summed E-state index contributed by atoms with van der Waals surface area (Å²) in [6.07, 6.45) is -3.45. The minimum atomic E-state index is -5.08. The number of hydrogen-bond donors (Lipinski definition) is 1. The molecule has 1 N–H and O–H groups in total. The Labute approximate surface area is 154 Å². The van der Waals surface area contributed by atoms with Gasteiger partial charge in [0.2, 0.25) is 10.0 Å². The zero-order valence-corrected chi connectivity index (χ0v) is 15.2. The number of piperidine rings is 1. The SMILES string of the molecule is O=C(NCC1(F)CCN(S(=O)(=O)c2ccc(C3CC3)cc2)CC1)C(F)(F)F. The van der Waals surface area contributed by atoms with Gasteiger partial charge in [0.1, 0.15) is 5.67 Å². The highest BCUT2D eigenvalue weighted by molar-refractivity contribution is 7.89. The van der Waals surface area contributed by atoms with E-state index in [9.17, 15) is 30.8 Å². The molecular formula is C17H20F4N2O3S. The third kappa shape index (κ3) is 4.60. The monoisotopic (exact) mass is 408 g/mol. The Kier molecular flexibility index (Phi) is 5.24. The zero-order valence-electron chi connectivity index (χ0n) is 14.4. The molecule has 0 bridgehead atoms. The average Bonchev–Trinajstić information content (AvgIpc) is 3.44. The fourth-order valence-electron chi connectivity index (χ4n) is 3.12. The molecular weight excluding hydrogens is 388 g/mol. The number of sulfonamides is 1. The molecule has 1 aromatic rings. The van der Waals surface area contributed by atoms with Crippen LogP contribution in [0.4, 0.5) is 17.6 Å². The summed E-state index contributed by atoms with van der Waals surface area (Å²) >= 11 is 0.